The number of nitrogens with one attached hydrogen (secondary N) is 1. The van der Waals surface area contributed by atoms with E-state index in [4.69, 9.17) is 5.73 Å². The number of hydrogen-bond acceptors (Lipinski definition) is 4. The van der Waals surface area contributed by atoms with Crippen molar-refractivity contribution >= 4 is 0 Å². The first kappa shape index (κ1) is 14.8. The Kier molecular flexibility index (Phi) is 3.71. The van der Waals surface area contributed by atoms with E-state index in [0.717, 1.165) is 26.1 Å². The van der Waals surface area contributed by atoms with Crippen LogP contribution >= 0.6 is 0 Å². The molecular weight excluding hydrogens is 283 g/mol. The molecular formula is C13H20F3N5. The lowest BCUT2D eigenvalue weighted by Gasteiger charge is -2.41. The van der Waals surface area contributed by atoms with E-state index in [0.29, 0.717) is 24.2 Å². The standard InChI is InChI=1S/C13H20F3N5/c1-20-5-8(17)4-9(6-20)21-3-2-11-10(7-21)12(19-18-11)13(14,15)16/h8-9H,2-7,17H2,1H3,(H,18,19). The fraction of sp³-hybridized carbons (Fsp3) is 0.769. The number of alkyl halides is 3. The lowest BCUT2D eigenvalue weighted by Crippen LogP contribution is -2.54. The van der Waals surface area contributed by atoms with Crippen molar-refractivity contribution in [2.75, 3.05) is 26.7 Å². The van der Waals surface area contributed by atoms with Crippen LogP contribution in [0.4, 0.5) is 13.2 Å². The van der Waals surface area contributed by atoms with Crippen LogP contribution in [0.25, 0.3) is 0 Å². The number of aromatic nitrogens is 2. The predicted molar refractivity (Wildman–Crippen MR) is 71.6 cm³/mol. The normalized spacial score (nSPS) is 28.6. The van der Waals surface area contributed by atoms with Gasteiger partial charge >= 0.3 is 6.18 Å². The summed E-state index contributed by atoms with van der Waals surface area (Å²) in [6.45, 7) is 2.74. The molecule has 0 radical (unpaired) electrons. The van der Waals surface area contributed by atoms with Crippen LogP contribution in [0, 0.1) is 0 Å². The average molecular weight is 303 g/mol. The molecule has 0 aromatic carbocycles. The summed E-state index contributed by atoms with van der Waals surface area (Å²) in [5.41, 5.74) is 6.18. The fourth-order valence-corrected chi connectivity index (χ4v) is 3.46. The number of fused-ring (bicyclic) bond motifs is 1. The molecule has 3 heterocycles. The van der Waals surface area contributed by atoms with Crippen molar-refractivity contribution in [3.05, 3.63) is 17.0 Å². The average Bonchev–Trinajstić information content (AvgIpc) is 2.79. The molecule has 1 fully saturated rings. The number of rotatable bonds is 1. The van der Waals surface area contributed by atoms with Gasteiger partial charge in [-0.2, -0.15) is 18.3 Å². The first-order chi connectivity index (χ1) is 9.84. The van der Waals surface area contributed by atoms with E-state index in [1.54, 1.807) is 0 Å². The highest BCUT2D eigenvalue weighted by Gasteiger charge is 2.40. The van der Waals surface area contributed by atoms with Gasteiger partial charge in [-0.1, -0.05) is 0 Å². The zero-order valence-corrected chi connectivity index (χ0v) is 12.0. The Hall–Kier alpha value is -1.12. The predicted octanol–water partition coefficient (Wildman–Crippen LogP) is 0.818. The first-order valence-corrected chi connectivity index (χ1v) is 7.16. The molecule has 2 aliphatic heterocycles. The Morgan fingerprint density at radius 1 is 1.33 bits per heavy atom. The van der Waals surface area contributed by atoms with Gasteiger partial charge < -0.3 is 10.6 Å². The van der Waals surface area contributed by atoms with Gasteiger partial charge in [-0.3, -0.25) is 10.00 Å². The second-order valence-electron chi connectivity index (χ2n) is 6.12. The molecule has 0 bridgehead atoms. The maximum atomic E-state index is 13.0. The monoisotopic (exact) mass is 303 g/mol. The number of hydrogen-bond donors (Lipinski definition) is 2. The molecule has 3 rings (SSSR count). The van der Waals surface area contributed by atoms with Gasteiger partial charge in [0.15, 0.2) is 5.69 Å². The molecule has 2 atom stereocenters. The van der Waals surface area contributed by atoms with E-state index in [-0.39, 0.29) is 12.1 Å². The molecule has 0 amide bonds. The Morgan fingerprint density at radius 2 is 2.10 bits per heavy atom. The third-order valence-corrected chi connectivity index (χ3v) is 4.39. The quantitative estimate of drug-likeness (QED) is 0.806. The third kappa shape index (κ3) is 2.93. The van der Waals surface area contributed by atoms with E-state index in [9.17, 15) is 13.2 Å². The highest BCUT2D eigenvalue weighted by molar-refractivity contribution is 5.29. The summed E-state index contributed by atoms with van der Waals surface area (Å²) in [6.07, 6.45) is -2.99. The van der Waals surface area contributed by atoms with Crippen molar-refractivity contribution < 1.29 is 13.2 Å². The van der Waals surface area contributed by atoms with Crippen LogP contribution in [-0.2, 0) is 19.1 Å². The highest BCUT2D eigenvalue weighted by atomic mass is 19.4. The highest BCUT2D eigenvalue weighted by Crippen LogP contribution is 2.34. The van der Waals surface area contributed by atoms with Crippen LogP contribution < -0.4 is 5.73 Å². The zero-order chi connectivity index (χ0) is 15.2. The van der Waals surface area contributed by atoms with Gasteiger partial charge in [0, 0.05) is 55.9 Å². The number of nitrogens with two attached hydrogens (primary N) is 1. The van der Waals surface area contributed by atoms with E-state index in [2.05, 4.69) is 20.0 Å². The van der Waals surface area contributed by atoms with Crippen molar-refractivity contribution in [1.29, 1.82) is 0 Å². The molecule has 2 aliphatic rings. The summed E-state index contributed by atoms with van der Waals surface area (Å²) in [4.78, 5) is 4.26. The van der Waals surface area contributed by atoms with E-state index < -0.39 is 11.9 Å². The number of halogens is 3. The van der Waals surface area contributed by atoms with Crippen molar-refractivity contribution in [1.82, 2.24) is 20.0 Å². The number of H-pyrrole nitrogens is 1. The van der Waals surface area contributed by atoms with Crippen LogP contribution in [0.2, 0.25) is 0 Å². The van der Waals surface area contributed by atoms with Crippen LogP contribution in [0.5, 0.6) is 0 Å². The van der Waals surface area contributed by atoms with Crippen LogP contribution in [0.3, 0.4) is 0 Å². The summed E-state index contributed by atoms with van der Waals surface area (Å²) in [5, 5.41) is 6.01. The van der Waals surface area contributed by atoms with Crippen molar-refractivity contribution in [2.45, 2.75) is 37.6 Å². The molecule has 21 heavy (non-hydrogen) atoms. The molecule has 2 unspecified atom stereocenters. The molecule has 3 N–H and O–H groups in total. The Labute approximate surface area is 121 Å². The summed E-state index contributed by atoms with van der Waals surface area (Å²) in [5.74, 6) is 0. The number of aromatic amines is 1. The topological polar surface area (TPSA) is 61.2 Å². The lowest BCUT2D eigenvalue weighted by atomic mass is 9.96. The molecule has 1 aromatic rings. The second-order valence-corrected chi connectivity index (χ2v) is 6.12. The van der Waals surface area contributed by atoms with E-state index in [1.165, 1.54) is 0 Å². The van der Waals surface area contributed by atoms with Crippen LogP contribution in [-0.4, -0.2) is 58.8 Å². The largest absolute Gasteiger partial charge is 0.435 e. The summed E-state index contributed by atoms with van der Waals surface area (Å²) >= 11 is 0. The summed E-state index contributed by atoms with van der Waals surface area (Å²) in [6, 6.07) is 0.296. The number of piperidine rings is 1. The van der Waals surface area contributed by atoms with Crippen molar-refractivity contribution in [2.24, 2.45) is 5.73 Å². The molecule has 0 saturated carbocycles. The minimum atomic E-state index is -4.40. The molecule has 0 aliphatic carbocycles. The van der Waals surface area contributed by atoms with Crippen molar-refractivity contribution in [3.63, 3.8) is 0 Å². The van der Waals surface area contributed by atoms with Gasteiger partial charge in [0.25, 0.3) is 0 Å². The number of likely N-dealkylation sites (tertiary alicyclic amines) is 1. The number of nitrogens with zero attached hydrogens (tertiary/aromatic N) is 3. The maximum absolute atomic E-state index is 13.0. The minimum absolute atomic E-state index is 0.0848. The molecule has 1 saturated heterocycles. The van der Waals surface area contributed by atoms with Gasteiger partial charge in [0.2, 0.25) is 0 Å². The van der Waals surface area contributed by atoms with Gasteiger partial charge in [0.05, 0.1) is 0 Å². The van der Waals surface area contributed by atoms with Gasteiger partial charge in [0.1, 0.15) is 0 Å². The van der Waals surface area contributed by atoms with Gasteiger partial charge in [-0.05, 0) is 13.5 Å². The molecule has 5 nitrogen and oxygen atoms in total. The van der Waals surface area contributed by atoms with Gasteiger partial charge in [-0.25, -0.2) is 0 Å². The minimum Gasteiger partial charge on any atom is -0.326 e. The lowest BCUT2D eigenvalue weighted by molar-refractivity contribution is -0.142. The van der Waals surface area contributed by atoms with Crippen LogP contribution in [0.1, 0.15) is 23.4 Å². The van der Waals surface area contributed by atoms with E-state index >= 15 is 0 Å². The SMILES string of the molecule is CN1CC(N)CC(N2CCc3[nH]nc(C(F)(F)F)c3C2)C1. The first-order valence-electron chi connectivity index (χ1n) is 7.16. The fourth-order valence-electron chi connectivity index (χ4n) is 3.46. The second kappa shape index (κ2) is 5.26. The summed E-state index contributed by atoms with van der Waals surface area (Å²) < 4.78 is 38.9. The van der Waals surface area contributed by atoms with Crippen molar-refractivity contribution in [3.8, 4) is 0 Å². The Balaban J connectivity index is 1.79. The smallest absolute Gasteiger partial charge is 0.326 e. The zero-order valence-electron chi connectivity index (χ0n) is 12.0. The Morgan fingerprint density at radius 3 is 2.76 bits per heavy atom. The molecule has 8 heteroatoms. The molecule has 118 valence electrons. The maximum Gasteiger partial charge on any atom is 0.435 e. The Bertz CT molecular complexity index is 502. The van der Waals surface area contributed by atoms with E-state index in [1.807, 2.05) is 7.05 Å². The van der Waals surface area contributed by atoms with Crippen LogP contribution in [0.15, 0.2) is 0 Å². The van der Waals surface area contributed by atoms with Gasteiger partial charge in [-0.15, -0.1) is 0 Å². The molecule has 1 aromatic heterocycles. The summed E-state index contributed by atoms with van der Waals surface area (Å²) in [7, 11) is 2.00. The molecule has 0 spiro atoms. The number of likely N-dealkylation sites (N-methyl/N-ethyl adjacent to an activating group) is 1. The third-order valence-electron chi connectivity index (χ3n) is 4.39.